The van der Waals surface area contributed by atoms with Gasteiger partial charge in [0.2, 0.25) is 5.91 Å². The molecule has 35 heavy (non-hydrogen) atoms. The van der Waals surface area contributed by atoms with Crippen LogP contribution in [0.15, 0.2) is 84.9 Å². The Balaban J connectivity index is 1.82. The molecule has 1 heterocycles. The number of hydrogen-bond donors (Lipinski definition) is 1. The monoisotopic (exact) mass is 470 g/mol. The van der Waals surface area contributed by atoms with Crippen molar-refractivity contribution in [1.82, 2.24) is 9.80 Å². The van der Waals surface area contributed by atoms with E-state index in [2.05, 4.69) is 0 Å². The maximum atomic E-state index is 13.8. The summed E-state index contributed by atoms with van der Waals surface area (Å²) in [6.45, 7) is 0.730. The van der Waals surface area contributed by atoms with Gasteiger partial charge < -0.3 is 10.0 Å². The lowest BCUT2D eigenvalue weighted by Gasteiger charge is -2.43. The molecule has 2 unspecified atom stereocenters. The number of benzene rings is 3. The van der Waals surface area contributed by atoms with Crippen LogP contribution in [-0.4, -0.2) is 66.1 Å². The molecule has 1 amide bonds. The van der Waals surface area contributed by atoms with Crippen LogP contribution >= 0.6 is 0 Å². The van der Waals surface area contributed by atoms with Crippen molar-refractivity contribution in [2.24, 2.45) is 11.8 Å². The summed E-state index contributed by atoms with van der Waals surface area (Å²) in [6.07, 6.45) is 0. The minimum absolute atomic E-state index is 0.0621. The molecule has 6 heteroatoms. The van der Waals surface area contributed by atoms with E-state index in [1.165, 1.54) is 4.90 Å². The highest BCUT2D eigenvalue weighted by Crippen LogP contribution is 2.43. The van der Waals surface area contributed by atoms with Gasteiger partial charge in [0.15, 0.2) is 11.6 Å². The van der Waals surface area contributed by atoms with Crippen LogP contribution in [0.4, 0.5) is 0 Å². The molecule has 0 aliphatic carbocycles. The predicted molar refractivity (Wildman–Crippen MR) is 135 cm³/mol. The lowest BCUT2D eigenvalue weighted by atomic mass is 9.68. The number of carbonyl (C=O) groups is 3. The van der Waals surface area contributed by atoms with Gasteiger partial charge in [0.1, 0.15) is 5.75 Å². The van der Waals surface area contributed by atoms with Gasteiger partial charge in [-0.15, -0.1) is 0 Å². The quantitative estimate of drug-likeness (QED) is 0.531. The molecule has 1 saturated heterocycles. The number of nitrogens with zero attached hydrogens (tertiary/aromatic N) is 2. The Labute approximate surface area is 205 Å². The molecule has 6 nitrogen and oxygen atoms in total. The summed E-state index contributed by atoms with van der Waals surface area (Å²) in [6, 6.07) is 24.9. The second-order valence-corrected chi connectivity index (χ2v) is 9.24. The van der Waals surface area contributed by atoms with Gasteiger partial charge in [-0.05, 0) is 11.6 Å². The molecule has 0 aromatic heterocycles. The van der Waals surface area contributed by atoms with Crippen LogP contribution in [0.5, 0.6) is 5.75 Å². The number of piperidine rings is 1. The molecular formula is C29H30N2O4. The van der Waals surface area contributed by atoms with E-state index in [0.29, 0.717) is 29.8 Å². The molecule has 0 saturated carbocycles. The van der Waals surface area contributed by atoms with Crippen molar-refractivity contribution in [1.29, 1.82) is 0 Å². The third kappa shape index (κ3) is 5.33. The van der Waals surface area contributed by atoms with E-state index in [-0.39, 0.29) is 29.8 Å². The Hall–Kier alpha value is -3.77. The van der Waals surface area contributed by atoms with Crippen LogP contribution in [0.3, 0.4) is 0 Å². The number of amides is 1. The van der Waals surface area contributed by atoms with Crippen molar-refractivity contribution in [2.45, 2.75) is 5.92 Å². The van der Waals surface area contributed by atoms with Crippen LogP contribution in [0.25, 0.3) is 0 Å². The van der Waals surface area contributed by atoms with E-state index in [1.54, 1.807) is 56.6 Å². The zero-order valence-electron chi connectivity index (χ0n) is 20.0. The largest absolute Gasteiger partial charge is 0.508 e. The van der Waals surface area contributed by atoms with Crippen LogP contribution in [0.2, 0.25) is 0 Å². The molecule has 0 spiro atoms. The SMILES string of the molecule is CN(C)C(=O)CN1CC(C(=O)c2ccccc2)C(c2ccccc2O)C(C(=O)c2ccccc2)C1. The van der Waals surface area contributed by atoms with E-state index < -0.39 is 17.8 Å². The topological polar surface area (TPSA) is 77.9 Å². The molecule has 0 radical (unpaired) electrons. The first-order chi connectivity index (χ1) is 16.9. The van der Waals surface area contributed by atoms with E-state index in [9.17, 15) is 19.5 Å². The Morgan fingerprint density at radius 1 is 0.771 bits per heavy atom. The van der Waals surface area contributed by atoms with Gasteiger partial charge in [0.05, 0.1) is 6.54 Å². The number of para-hydroxylation sites is 1. The average Bonchev–Trinajstić information content (AvgIpc) is 2.88. The molecule has 0 bridgehead atoms. The van der Waals surface area contributed by atoms with Gasteiger partial charge >= 0.3 is 0 Å². The third-order valence-electron chi connectivity index (χ3n) is 6.72. The van der Waals surface area contributed by atoms with Crippen molar-refractivity contribution in [2.75, 3.05) is 33.7 Å². The number of phenols is 1. The normalized spacial score (nSPS) is 20.2. The van der Waals surface area contributed by atoms with E-state index in [0.717, 1.165) is 0 Å². The molecule has 3 aromatic carbocycles. The fraction of sp³-hybridized carbons (Fsp3) is 0.276. The number of carbonyl (C=O) groups excluding carboxylic acids is 3. The molecule has 1 aliphatic heterocycles. The highest BCUT2D eigenvalue weighted by atomic mass is 16.3. The molecule has 1 aliphatic rings. The first-order valence-electron chi connectivity index (χ1n) is 11.8. The minimum atomic E-state index is -0.618. The smallest absolute Gasteiger partial charge is 0.236 e. The summed E-state index contributed by atoms with van der Waals surface area (Å²) < 4.78 is 0. The summed E-state index contributed by atoms with van der Waals surface area (Å²) in [7, 11) is 3.38. The predicted octanol–water partition coefficient (Wildman–Crippen LogP) is 3.88. The van der Waals surface area contributed by atoms with Gasteiger partial charge in [0, 0.05) is 56.1 Å². The van der Waals surface area contributed by atoms with E-state index >= 15 is 0 Å². The number of Topliss-reactive ketones (excluding diaryl/α,β-unsaturated/α-hetero) is 2. The number of likely N-dealkylation sites (N-methyl/N-ethyl adjacent to an activating group) is 1. The van der Waals surface area contributed by atoms with Crippen LogP contribution in [-0.2, 0) is 4.79 Å². The van der Waals surface area contributed by atoms with Crippen LogP contribution in [0.1, 0.15) is 32.2 Å². The number of ketones is 2. The van der Waals surface area contributed by atoms with E-state index in [4.69, 9.17) is 0 Å². The van der Waals surface area contributed by atoms with Crippen molar-refractivity contribution < 1.29 is 19.5 Å². The average molecular weight is 471 g/mol. The first-order valence-corrected chi connectivity index (χ1v) is 11.8. The Kier molecular flexibility index (Phi) is 7.42. The Morgan fingerprint density at radius 3 is 1.69 bits per heavy atom. The molecule has 3 aromatic rings. The number of phenolic OH excluding ortho intramolecular Hbond substituents is 1. The van der Waals surface area contributed by atoms with Crippen molar-refractivity contribution in [3.63, 3.8) is 0 Å². The van der Waals surface area contributed by atoms with Gasteiger partial charge in [-0.25, -0.2) is 0 Å². The maximum Gasteiger partial charge on any atom is 0.236 e. The molecule has 2 atom stereocenters. The van der Waals surface area contributed by atoms with Gasteiger partial charge in [-0.1, -0.05) is 78.9 Å². The molecule has 1 N–H and O–H groups in total. The number of aromatic hydroxyl groups is 1. The summed E-state index contributed by atoms with van der Waals surface area (Å²) in [5.74, 6) is -2.02. The van der Waals surface area contributed by atoms with Gasteiger partial charge in [-0.2, -0.15) is 0 Å². The summed E-state index contributed by atoms with van der Waals surface area (Å²) in [4.78, 5) is 43.7. The molecular weight excluding hydrogens is 440 g/mol. The second-order valence-electron chi connectivity index (χ2n) is 9.24. The zero-order chi connectivity index (χ0) is 24.9. The van der Waals surface area contributed by atoms with Gasteiger partial charge in [0.25, 0.3) is 0 Å². The van der Waals surface area contributed by atoms with Crippen molar-refractivity contribution in [3.8, 4) is 5.75 Å². The Bertz CT molecular complexity index is 1130. The highest BCUT2D eigenvalue weighted by Gasteiger charge is 2.46. The highest BCUT2D eigenvalue weighted by molar-refractivity contribution is 6.02. The number of rotatable bonds is 7. The lowest BCUT2D eigenvalue weighted by Crippen LogP contribution is -2.52. The van der Waals surface area contributed by atoms with Crippen LogP contribution < -0.4 is 0 Å². The molecule has 180 valence electrons. The maximum absolute atomic E-state index is 13.8. The molecule has 1 fully saturated rings. The standard InChI is InChI=1S/C29H30N2O4/c1-30(2)26(33)19-31-17-23(28(34)20-11-5-3-6-12-20)27(22-15-9-10-16-25(22)32)24(18-31)29(35)21-13-7-4-8-14-21/h3-16,23-24,27,32H,17-19H2,1-2H3. The summed E-state index contributed by atoms with van der Waals surface area (Å²) >= 11 is 0. The van der Waals surface area contributed by atoms with Crippen molar-refractivity contribution >= 4 is 17.5 Å². The fourth-order valence-electron chi connectivity index (χ4n) is 4.93. The fourth-order valence-corrected chi connectivity index (χ4v) is 4.93. The van der Waals surface area contributed by atoms with E-state index in [1.807, 2.05) is 47.4 Å². The van der Waals surface area contributed by atoms with Crippen LogP contribution in [0, 0.1) is 11.8 Å². The second kappa shape index (κ2) is 10.7. The summed E-state index contributed by atoms with van der Waals surface area (Å²) in [5, 5.41) is 10.8. The van der Waals surface area contributed by atoms with Gasteiger partial charge in [-0.3, -0.25) is 19.3 Å². The third-order valence-corrected chi connectivity index (χ3v) is 6.72. The number of likely N-dealkylation sites (tertiary alicyclic amines) is 1. The Morgan fingerprint density at radius 2 is 1.23 bits per heavy atom. The van der Waals surface area contributed by atoms with Crippen molar-refractivity contribution in [3.05, 3.63) is 102 Å². The number of hydrogen-bond acceptors (Lipinski definition) is 5. The first kappa shape index (κ1) is 24.4. The lowest BCUT2D eigenvalue weighted by molar-refractivity contribution is -0.130. The summed E-state index contributed by atoms with van der Waals surface area (Å²) in [5.41, 5.74) is 1.67. The minimum Gasteiger partial charge on any atom is -0.508 e. The zero-order valence-corrected chi connectivity index (χ0v) is 20.0. The molecule has 4 rings (SSSR count).